The molecule has 0 fully saturated rings. The van der Waals surface area contributed by atoms with E-state index in [9.17, 15) is 9.59 Å². The van der Waals surface area contributed by atoms with Crippen molar-refractivity contribution < 1.29 is 19.1 Å². The Hall–Kier alpha value is -3.06. The molecule has 164 valence electrons. The number of unbranched alkanes of at least 4 members (excludes halogenated alkanes) is 1. The zero-order chi connectivity index (χ0) is 22.4. The van der Waals surface area contributed by atoms with E-state index in [1.165, 1.54) is 14.0 Å². The summed E-state index contributed by atoms with van der Waals surface area (Å²) in [6, 6.07) is 10.8. The molecule has 0 unspecified atom stereocenters. The quantitative estimate of drug-likeness (QED) is 0.291. The monoisotopic (exact) mass is 443 g/mol. The molecule has 2 N–H and O–H groups in total. The number of carbonyl (C=O) groups excluding carboxylic acids is 2. The fraction of sp³-hybridized carbons (Fsp3) is 0.348. The van der Waals surface area contributed by atoms with Crippen molar-refractivity contribution in [3.05, 3.63) is 41.4 Å². The van der Waals surface area contributed by atoms with Gasteiger partial charge >= 0.3 is 5.97 Å². The number of benzene rings is 2. The SMILES string of the molecule is COC(=O)[C@H](CCCCNc1c2ccc(Cl)cc2nc2ccc(OC)cc12)NC(C)=O. The predicted molar refractivity (Wildman–Crippen MR) is 123 cm³/mol. The van der Waals surface area contributed by atoms with Gasteiger partial charge in [-0.25, -0.2) is 9.78 Å². The third kappa shape index (κ3) is 5.55. The number of amides is 1. The highest BCUT2D eigenvalue weighted by Gasteiger charge is 2.19. The lowest BCUT2D eigenvalue weighted by molar-refractivity contribution is -0.145. The maximum Gasteiger partial charge on any atom is 0.328 e. The number of anilines is 1. The lowest BCUT2D eigenvalue weighted by Gasteiger charge is -2.16. The Bertz CT molecular complexity index is 1100. The van der Waals surface area contributed by atoms with E-state index < -0.39 is 12.0 Å². The number of hydrogen-bond acceptors (Lipinski definition) is 6. The zero-order valence-electron chi connectivity index (χ0n) is 17.8. The maximum absolute atomic E-state index is 11.8. The third-order valence-corrected chi connectivity index (χ3v) is 5.26. The number of rotatable bonds is 9. The second-order valence-corrected chi connectivity index (χ2v) is 7.67. The molecule has 1 atom stereocenters. The first-order valence-corrected chi connectivity index (χ1v) is 10.5. The van der Waals surface area contributed by atoms with Gasteiger partial charge < -0.3 is 20.1 Å². The Morgan fingerprint density at radius 2 is 1.87 bits per heavy atom. The first-order chi connectivity index (χ1) is 14.9. The fourth-order valence-electron chi connectivity index (χ4n) is 3.54. The molecular weight excluding hydrogens is 418 g/mol. The molecule has 0 spiro atoms. The van der Waals surface area contributed by atoms with Gasteiger partial charge in [-0.3, -0.25) is 4.79 Å². The van der Waals surface area contributed by atoms with Gasteiger partial charge in [-0.05, 0) is 55.7 Å². The summed E-state index contributed by atoms with van der Waals surface area (Å²) in [6.45, 7) is 2.07. The number of carbonyl (C=O) groups is 2. The van der Waals surface area contributed by atoms with Crippen LogP contribution in [0.25, 0.3) is 21.8 Å². The van der Waals surface area contributed by atoms with E-state index >= 15 is 0 Å². The van der Waals surface area contributed by atoms with Crippen LogP contribution in [-0.4, -0.2) is 43.7 Å². The highest BCUT2D eigenvalue weighted by molar-refractivity contribution is 6.31. The second-order valence-electron chi connectivity index (χ2n) is 7.23. The largest absolute Gasteiger partial charge is 0.497 e. The van der Waals surface area contributed by atoms with E-state index in [0.29, 0.717) is 18.0 Å². The van der Waals surface area contributed by atoms with Crippen LogP contribution in [0.4, 0.5) is 5.69 Å². The predicted octanol–water partition coefficient (Wildman–Crippen LogP) is 4.31. The minimum absolute atomic E-state index is 0.254. The average Bonchev–Trinajstić information content (AvgIpc) is 2.76. The molecule has 0 aliphatic rings. The lowest BCUT2D eigenvalue weighted by atomic mass is 10.1. The Labute approximate surface area is 186 Å². The number of methoxy groups -OCH3 is 2. The number of hydrogen-bond donors (Lipinski definition) is 2. The van der Waals surface area contributed by atoms with Crippen LogP contribution in [0.1, 0.15) is 26.2 Å². The van der Waals surface area contributed by atoms with E-state index in [1.807, 2.05) is 36.4 Å². The molecule has 3 rings (SSSR count). The van der Waals surface area contributed by atoms with Gasteiger partial charge in [0.15, 0.2) is 0 Å². The average molecular weight is 444 g/mol. The van der Waals surface area contributed by atoms with Crippen LogP contribution < -0.4 is 15.4 Å². The standard InChI is InChI=1S/C23H26ClN3O4/c1-14(28)26-20(23(29)31-3)6-4-5-11-25-22-17-9-7-15(24)12-21(17)27-19-10-8-16(30-2)13-18(19)22/h7-10,12-13,20H,4-6,11H2,1-3H3,(H,25,27)(H,26,28)/t20-/m0/s1. The molecular formula is C23H26ClN3O4. The van der Waals surface area contributed by atoms with Crippen LogP contribution in [0.5, 0.6) is 5.75 Å². The van der Waals surface area contributed by atoms with E-state index in [-0.39, 0.29) is 5.91 Å². The molecule has 1 aromatic heterocycles. The molecule has 0 aliphatic heterocycles. The first-order valence-electron chi connectivity index (χ1n) is 10.1. The summed E-state index contributed by atoms with van der Waals surface area (Å²) < 4.78 is 10.2. The zero-order valence-corrected chi connectivity index (χ0v) is 18.6. The van der Waals surface area contributed by atoms with Crippen molar-refractivity contribution in [2.24, 2.45) is 0 Å². The molecule has 0 aliphatic carbocycles. The van der Waals surface area contributed by atoms with Crippen molar-refractivity contribution in [1.29, 1.82) is 0 Å². The molecule has 0 saturated heterocycles. The van der Waals surface area contributed by atoms with Gasteiger partial charge in [0.25, 0.3) is 0 Å². The van der Waals surface area contributed by atoms with Crippen LogP contribution in [0, 0.1) is 0 Å². The Kier molecular flexibility index (Phi) is 7.52. The minimum atomic E-state index is -0.628. The Morgan fingerprint density at radius 3 is 2.58 bits per heavy atom. The molecule has 0 radical (unpaired) electrons. The van der Waals surface area contributed by atoms with Gasteiger partial charge in [-0.1, -0.05) is 11.6 Å². The van der Waals surface area contributed by atoms with Gasteiger partial charge in [-0.2, -0.15) is 0 Å². The summed E-state index contributed by atoms with van der Waals surface area (Å²) in [6.07, 6.45) is 2.05. The highest BCUT2D eigenvalue weighted by atomic mass is 35.5. The molecule has 7 nitrogen and oxygen atoms in total. The highest BCUT2D eigenvalue weighted by Crippen LogP contribution is 2.34. The lowest BCUT2D eigenvalue weighted by Crippen LogP contribution is -2.40. The van der Waals surface area contributed by atoms with Crippen LogP contribution >= 0.6 is 11.6 Å². The third-order valence-electron chi connectivity index (χ3n) is 5.03. The summed E-state index contributed by atoms with van der Waals surface area (Å²) in [5, 5.41) is 8.71. The van der Waals surface area contributed by atoms with Gasteiger partial charge in [0.2, 0.25) is 5.91 Å². The number of esters is 1. The molecule has 1 amide bonds. The van der Waals surface area contributed by atoms with E-state index in [0.717, 1.165) is 46.1 Å². The van der Waals surface area contributed by atoms with Crippen molar-refractivity contribution in [1.82, 2.24) is 10.3 Å². The van der Waals surface area contributed by atoms with E-state index in [2.05, 4.69) is 10.6 Å². The normalized spacial score (nSPS) is 11.9. The minimum Gasteiger partial charge on any atom is -0.497 e. The van der Waals surface area contributed by atoms with Crippen molar-refractivity contribution in [2.75, 3.05) is 26.1 Å². The van der Waals surface area contributed by atoms with Gasteiger partial charge in [-0.15, -0.1) is 0 Å². The van der Waals surface area contributed by atoms with Crippen molar-refractivity contribution in [3.63, 3.8) is 0 Å². The summed E-state index contributed by atoms with van der Waals surface area (Å²) in [5.74, 6) is 0.0657. The molecule has 3 aromatic rings. The molecule has 8 heteroatoms. The van der Waals surface area contributed by atoms with Crippen LogP contribution in [0.3, 0.4) is 0 Å². The van der Waals surface area contributed by atoms with Crippen molar-refractivity contribution in [3.8, 4) is 5.75 Å². The Morgan fingerprint density at radius 1 is 1.06 bits per heavy atom. The number of ether oxygens (including phenoxy) is 2. The maximum atomic E-state index is 11.8. The van der Waals surface area contributed by atoms with Gasteiger partial charge in [0, 0.05) is 29.3 Å². The molecule has 0 bridgehead atoms. The van der Waals surface area contributed by atoms with Gasteiger partial charge in [0.1, 0.15) is 11.8 Å². The Balaban J connectivity index is 1.76. The molecule has 31 heavy (non-hydrogen) atoms. The van der Waals surface area contributed by atoms with Crippen molar-refractivity contribution in [2.45, 2.75) is 32.2 Å². The molecule has 2 aromatic carbocycles. The topological polar surface area (TPSA) is 89.6 Å². The number of pyridine rings is 1. The molecule has 0 saturated carbocycles. The first kappa shape index (κ1) is 22.6. The number of nitrogens with zero attached hydrogens (tertiary/aromatic N) is 1. The number of halogens is 1. The second kappa shape index (κ2) is 10.3. The number of nitrogens with one attached hydrogen (secondary N) is 2. The summed E-state index contributed by atoms with van der Waals surface area (Å²) in [4.78, 5) is 27.9. The van der Waals surface area contributed by atoms with Crippen molar-refractivity contribution >= 4 is 51.0 Å². The summed E-state index contributed by atoms with van der Waals surface area (Å²) in [5.41, 5.74) is 2.61. The van der Waals surface area contributed by atoms with Crippen LogP contribution in [-0.2, 0) is 14.3 Å². The van der Waals surface area contributed by atoms with Crippen LogP contribution in [0.15, 0.2) is 36.4 Å². The summed E-state index contributed by atoms with van der Waals surface area (Å²) in [7, 11) is 2.95. The molecule has 1 heterocycles. The van der Waals surface area contributed by atoms with E-state index in [4.69, 9.17) is 26.1 Å². The number of fused-ring (bicyclic) bond motifs is 2. The smallest absolute Gasteiger partial charge is 0.328 e. The van der Waals surface area contributed by atoms with Crippen LogP contribution in [0.2, 0.25) is 5.02 Å². The van der Waals surface area contributed by atoms with Gasteiger partial charge in [0.05, 0.1) is 30.9 Å². The fourth-order valence-corrected chi connectivity index (χ4v) is 3.70. The summed E-state index contributed by atoms with van der Waals surface area (Å²) >= 11 is 6.17. The number of aromatic nitrogens is 1. The van der Waals surface area contributed by atoms with E-state index in [1.54, 1.807) is 7.11 Å².